The minimum atomic E-state index is -1.24. The van der Waals surface area contributed by atoms with Gasteiger partial charge in [0.05, 0.1) is 10.6 Å². The Hall–Kier alpha value is -2.08. The number of amides is 2. The Kier molecular flexibility index (Phi) is 4.06. The summed E-state index contributed by atoms with van der Waals surface area (Å²) >= 11 is 5.70. The lowest BCUT2D eigenvalue weighted by Crippen LogP contribution is -2.17. The van der Waals surface area contributed by atoms with E-state index in [1.807, 2.05) is 0 Å². The van der Waals surface area contributed by atoms with Crippen molar-refractivity contribution in [3.05, 3.63) is 28.8 Å². The van der Waals surface area contributed by atoms with E-state index in [0.29, 0.717) is 0 Å². The van der Waals surface area contributed by atoms with Gasteiger partial charge in [-0.1, -0.05) is 11.6 Å². The SMILES string of the molecule is NC(=O)c1cc(NC(=O)CC(=O)O)ccc1Cl. The van der Waals surface area contributed by atoms with E-state index in [2.05, 4.69) is 5.32 Å². The topological polar surface area (TPSA) is 109 Å². The van der Waals surface area contributed by atoms with Crippen molar-refractivity contribution in [3.8, 4) is 0 Å². The van der Waals surface area contributed by atoms with Crippen LogP contribution in [0.15, 0.2) is 18.2 Å². The van der Waals surface area contributed by atoms with E-state index in [-0.39, 0.29) is 16.3 Å². The van der Waals surface area contributed by atoms with Gasteiger partial charge in [0.1, 0.15) is 6.42 Å². The number of aliphatic carboxylic acids is 1. The third-order valence-corrected chi connectivity index (χ3v) is 2.16. The smallest absolute Gasteiger partial charge is 0.312 e. The normalized spacial score (nSPS) is 9.71. The van der Waals surface area contributed by atoms with Crippen LogP contribution in [0.25, 0.3) is 0 Å². The lowest BCUT2D eigenvalue weighted by molar-refractivity contribution is -0.139. The summed E-state index contributed by atoms with van der Waals surface area (Å²) in [6.45, 7) is 0. The standard InChI is InChI=1S/C10H9ClN2O4/c11-7-2-1-5(3-6(7)10(12)17)13-8(14)4-9(15)16/h1-3H,4H2,(H2,12,17)(H,13,14)(H,15,16). The number of carboxylic acids is 1. The van der Waals surface area contributed by atoms with Crippen molar-refractivity contribution in [1.29, 1.82) is 0 Å². The molecule has 0 aromatic heterocycles. The monoisotopic (exact) mass is 256 g/mol. The van der Waals surface area contributed by atoms with Crippen LogP contribution in [0.1, 0.15) is 16.8 Å². The molecule has 6 nitrogen and oxygen atoms in total. The van der Waals surface area contributed by atoms with Gasteiger partial charge in [0, 0.05) is 5.69 Å². The number of anilines is 1. The zero-order valence-electron chi connectivity index (χ0n) is 8.57. The second-order valence-electron chi connectivity index (χ2n) is 3.18. The highest BCUT2D eigenvalue weighted by molar-refractivity contribution is 6.34. The van der Waals surface area contributed by atoms with Crippen molar-refractivity contribution in [2.75, 3.05) is 5.32 Å². The molecule has 1 rings (SSSR count). The fourth-order valence-corrected chi connectivity index (χ4v) is 1.35. The number of halogens is 1. The van der Waals surface area contributed by atoms with Gasteiger partial charge in [-0.05, 0) is 18.2 Å². The van der Waals surface area contributed by atoms with E-state index in [4.69, 9.17) is 22.4 Å². The van der Waals surface area contributed by atoms with Crippen LogP contribution < -0.4 is 11.1 Å². The molecule has 0 fully saturated rings. The van der Waals surface area contributed by atoms with Gasteiger partial charge in [-0.15, -0.1) is 0 Å². The van der Waals surface area contributed by atoms with E-state index < -0.39 is 24.2 Å². The van der Waals surface area contributed by atoms with Crippen molar-refractivity contribution in [3.63, 3.8) is 0 Å². The first-order valence-corrected chi connectivity index (χ1v) is 4.89. The lowest BCUT2D eigenvalue weighted by Gasteiger charge is -2.06. The number of hydrogen-bond acceptors (Lipinski definition) is 3. The summed E-state index contributed by atoms with van der Waals surface area (Å²) < 4.78 is 0. The molecule has 0 aliphatic carbocycles. The molecule has 0 heterocycles. The summed E-state index contributed by atoms with van der Waals surface area (Å²) in [5, 5.41) is 10.9. The van der Waals surface area contributed by atoms with Crippen LogP contribution >= 0.6 is 11.6 Å². The van der Waals surface area contributed by atoms with Gasteiger partial charge in [0.2, 0.25) is 11.8 Å². The molecule has 17 heavy (non-hydrogen) atoms. The summed E-state index contributed by atoms with van der Waals surface area (Å²) in [6.07, 6.45) is -0.658. The highest BCUT2D eigenvalue weighted by Gasteiger charge is 2.11. The van der Waals surface area contributed by atoms with E-state index in [9.17, 15) is 14.4 Å². The molecule has 1 aromatic rings. The number of benzene rings is 1. The van der Waals surface area contributed by atoms with Gasteiger partial charge in [-0.3, -0.25) is 14.4 Å². The fourth-order valence-electron chi connectivity index (χ4n) is 1.13. The van der Waals surface area contributed by atoms with E-state index in [1.165, 1.54) is 18.2 Å². The van der Waals surface area contributed by atoms with Gasteiger partial charge in [0.15, 0.2) is 0 Å². The molecule has 2 amide bonds. The Bertz CT molecular complexity index is 487. The molecule has 0 saturated heterocycles. The Balaban J connectivity index is 2.86. The third kappa shape index (κ3) is 3.76. The molecule has 0 saturated carbocycles. The van der Waals surface area contributed by atoms with Crippen molar-refractivity contribution in [1.82, 2.24) is 0 Å². The minimum Gasteiger partial charge on any atom is -0.481 e. The van der Waals surface area contributed by atoms with Gasteiger partial charge in [-0.2, -0.15) is 0 Å². The van der Waals surface area contributed by atoms with Gasteiger partial charge < -0.3 is 16.2 Å². The number of primary amides is 1. The number of carbonyl (C=O) groups is 3. The second-order valence-corrected chi connectivity index (χ2v) is 3.58. The number of carbonyl (C=O) groups excluding carboxylic acids is 2. The molecule has 0 aliphatic rings. The Morgan fingerprint density at radius 3 is 2.53 bits per heavy atom. The van der Waals surface area contributed by atoms with Crippen LogP contribution in [-0.2, 0) is 9.59 Å². The summed E-state index contributed by atoms with van der Waals surface area (Å²) in [5.41, 5.74) is 5.38. The minimum absolute atomic E-state index is 0.0554. The zero-order valence-corrected chi connectivity index (χ0v) is 9.32. The molecular weight excluding hydrogens is 248 g/mol. The van der Waals surface area contributed by atoms with Crippen LogP contribution in [0.4, 0.5) is 5.69 Å². The maximum absolute atomic E-state index is 11.1. The first kappa shape index (κ1) is 13.0. The lowest BCUT2D eigenvalue weighted by atomic mass is 10.2. The number of carboxylic acid groups (broad SMARTS) is 1. The fraction of sp³-hybridized carbons (Fsp3) is 0.100. The highest BCUT2D eigenvalue weighted by atomic mass is 35.5. The van der Waals surface area contributed by atoms with Crippen LogP contribution in [0, 0.1) is 0 Å². The van der Waals surface area contributed by atoms with Crippen molar-refractivity contribution >= 4 is 35.1 Å². The summed E-state index contributed by atoms with van der Waals surface area (Å²) in [6, 6.07) is 4.11. The van der Waals surface area contributed by atoms with E-state index in [0.717, 1.165) is 0 Å². The van der Waals surface area contributed by atoms with E-state index in [1.54, 1.807) is 0 Å². The third-order valence-electron chi connectivity index (χ3n) is 1.83. The molecule has 0 unspecified atom stereocenters. The van der Waals surface area contributed by atoms with Gasteiger partial charge in [0.25, 0.3) is 0 Å². The summed E-state index contributed by atoms with van der Waals surface area (Å²) in [7, 11) is 0. The summed E-state index contributed by atoms with van der Waals surface area (Å²) in [5.74, 6) is -2.67. The quantitative estimate of drug-likeness (QED) is 0.694. The average Bonchev–Trinajstić information content (AvgIpc) is 2.19. The molecule has 0 radical (unpaired) electrons. The van der Waals surface area contributed by atoms with Crippen LogP contribution in [-0.4, -0.2) is 22.9 Å². The molecule has 0 aliphatic heterocycles. The largest absolute Gasteiger partial charge is 0.481 e. The number of nitrogens with one attached hydrogen (secondary N) is 1. The molecule has 0 bridgehead atoms. The van der Waals surface area contributed by atoms with Crippen molar-refractivity contribution in [2.45, 2.75) is 6.42 Å². The van der Waals surface area contributed by atoms with Gasteiger partial charge in [-0.25, -0.2) is 0 Å². The number of nitrogens with two attached hydrogens (primary N) is 1. The molecule has 0 atom stereocenters. The molecule has 7 heteroatoms. The Morgan fingerprint density at radius 2 is 2.00 bits per heavy atom. The second kappa shape index (κ2) is 5.31. The van der Waals surface area contributed by atoms with E-state index >= 15 is 0 Å². The maximum Gasteiger partial charge on any atom is 0.312 e. The zero-order chi connectivity index (χ0) is 13.0. The maximum atomic E-state index is 11.1. The summed E-state index contributed by atoms with van der Waals surface area (Å²) in [4.78, 5) is 32.4. The number of hydrogen-bond donors (Lipinski definition) is 3. The average molecular weight is 257 g/mol. The van der Waals surface area contributed by atoms with Crippen molar-refractivity contribution in [2.24, 2.45) is 5.73 Å². The number of rotatable bonds is 4. The molecule has 90 valence electrons. The molecule has 0 spiro atoms. The predicted molar refractivity (Wildman–Crippen MR) is 60.9 cm³/mol. The van der Waals surface area contributed by atoms with Gasteiger partial charge >= 0.3 is 5.97 Å². The Labute approximate surface area is 101 Å². The molecule has 4 N–H and O–H groups in total. The van der Waals surface area contributed by atoms with Crippen molar-refractivity contribution < 1.29 is 19.5 Å². The van der Waals surface area contributed by atoms with Crippen LogP contribution in [0.2, 0.25) is 5.02 Å². The first-order chi connectivity index (χ1) is 7.90. The van der Waals surface area contributed by atoms with Crippen LogP contribution in [0.5, 0.6) is 0 Å². The van der Waals surface area contributed by atoms with Crippen LogP contribution in [0.3, 0.4) is 0 Å². The molecular formula is C10H9ClN2O4. The first-order valence-electron chi connectivity index (χ1n) is 4.51. The molecule has 1 aromatic carbocycles. The highest BCUT2D eigenvalue weighted by Crippen LogP contribution is 2.20. The predicted octanol–water partition coefficient (Wildman–Crippen LogP) is 0.852. The Morgan fingerprint density at radius 1 is 1.35 bits per heavy atom.